The number of benzene rings is 2. The first-order valence-electron chi connectivity index (χ1n) is 8.43. The van der Waals surface area contributed by atoms with E-state index in [0.29, 0.717) is 12.4 Å². The van der Waals surface area contributed by atoms with Crippen LogP contribution in [0.5, 0.6) is 5.75 Å². The maximum Gasteiger partial charge on any atom is 0.277 e. The third-order valence-corrected chi connectivity index (χ3v) is 3.77. The Balaban J connectivity index is 1.67. The average molecular weight is 354 g/mol. The molecule has 0 radical (unpaired) electrons. The molecule has 1 heterocycles. The molecular weight excluding hydrogens is 335 g/mol. The van der Waals surface area contributed by atoms with Gasteiger partial charge in [-0.2, -0.15) is 0 Å². The molecule has 0 saturated carbocycles. The van der Waals surface area contributed by atoms with E-state index in [0.717, 1.165) is 24.2 Å². The molecule has 6 heteroatoms. The van der Waals surface area contributed by atoms with E-state index in [1.54, 1.807) is 12.1 Å². The lowest BCUT2D eigenvalue weighted by molar-refractivity contribution is 0.101. The van der Waals surface area contributed by atoms with Gasteiger partial charge in [-0.05, 0) is 42.8 Å². The monoisotopic (exact) mass is 354 g/mol. The highest BCUT2D eigenvalue weighted by Crippen LogP contribution is 2.24. The molecule has 3 aromatic rings. The minimum absolute atomic E-state index is 0.0755. The first kappa shape index (κ1) is 17.7. The highest BCUT2D eigenvalue weighted by atomic mass is 19.1. The van der Waals surface area contributed by atoms with Crippen molar-refractivity contribution in [2.24, 2.45) is 0 Å². The Bertz CT molecular complexity index is 875. The van der Waals surface area contributed by atoms with Crippen LogP contribution in [0, 0.1) is 5.82 Å². The third kappa shape index (κ3) is 4.27. The van der Waals surface area contributed by atoms with E-state index in [4.69, 9.17) is 9.26 Å². The Morgan fingerprint density at radius 2 is 1.96 bits per heavy atom. The lowest BCUT2D eigenvalue weighted by atomic mass is 10.1. The number of hydrogen-bond acceptors (Lipinski definition) is 4. The van der Waals surface area contributed by atoms with Crippen molar-refractivity contribution in [3.63, 3.8) is 0 Å². The molecule has 134 valence electrons. The second-order valence-electron chi connectivity index (χ2n) is 5.74. The van der Waals surface area contributed by atoms with Gasteiger partial charge in [0.05, 0.1) is 12.3 Å². The van der Waals surface area contributed by atoms with Crippen LogP contribution in [0.15, 0.2) is 59.1 Å². The van der Waals surface area contributed by atoms with Gasteiger partial charge in [-0.25, -0.2) is 4.39 Å². The molecule has 0 aliphatic heterocycles. The smallest absolute Gasteiger partial charge is 0.277 e. The summed E-state index contributed by atoms with van der Waals surface area (Å²) in [5, 5.41) is 6.23. The molecular formula is C20H19FN2O3. The quantitative estimate of drug-likeness (QED) is 0.612. The summed E-state index contributed by atoms with van der Waals surface area (Å²) in [4.78, 5) is 12.2. The number of nitrogens with zero attached hydrogens (tertiary/aromatic N) is 1. The van der Waals surface area contributed by atoms with E-state index in [-0.39, 0.29) is 11.4 Å². The van der Waals surface area contributed by atoms with E-state index in [9.17, 15) is 9.18 Å². The topological polar surface area (TPSA) is 64.4 Å². The Labute approximate surface area is 150 Å². The Morgan fingerprint density at radius 1 is 1.19 bits per heavy atom. The number of carbonyl (C=O) groups excluding carboxylic acids is 1. The van der Waals surface area contributed by atoms with E-state index >= 15 is 0 Å². The Kier molecular flexibility index (Phi) is 5.63. The van der Waals surface area contributed by atoms with Gasteiger partial charge in [0, 0.05) is 11.6 Å². The number of para-hydroxylation sites is 1. The summed E-state index contributed by atoms with van der Waals surface area (Å²) in [6.07, 6.45) is 2.08. The predicted molar refractivity (Wildman–Crippen MR) is 96.7 cm³/mol. The first-order chi connectivity index (χ1) is 12.7. The van der Waals surface area contributed by atoms with Crippen molar-refractivity contribution in [3.8, 4) is 17.1 Å². The van der Waals surface area contributed by atoms with E-state index < -0.39 is 11.7 Å². The molecule has 26 heavy (non-hydrogen) atoms. The number of hydrogen-bond donors (Lipinski definition) is 1. The van der Waals surface area contributed by atoms with Crippen LogP contribution < -0.4 is 10.1 Å². The van der Waals surface area contributed by atoms with Crippen molar-refractivity contribution >= 4 is 11.6 Å². The van der Waals surface area contributed by atoms with Gasteiger partial charge in [0.1, 0.15) is 11.6 Å². The molecule has 0 atom stereocenters. The standard InChI is InChI=1S/C20H19FN2O3/c1-2-3-12-25-15-10-8-14(9-11-15)19-13-18(23-26-19)20(24)22-17-7-5-4-6-16(17)21/h4-11,13H,2-3,12H2,1H3,(H,22,24). The van der Waals surface area contributed by atoms with Crippen LogP contribution in [-0.2, 0) is 0 Å². The van der Waals surface area contributed by atoms with Crippen molar-refractivity contribution in [2.45, 2.75) is 19.8 Å². The molecule has 1 aromatic heterocycles. The average Bonchev–Trinajstić information content (AvgIpc) is 3.15. The van der Waals surface area contributed by atoms with Crippen LogP contribution in [0.25, 0.3) is 11.3 Å². The van der Waals surface area contributed by atoms with Crippen LogP contribution in [-0.4, -0.2) is 17.7 Å². The van der Waals surface area contributed by atoms with Gasteiger partial charge in [0.2, 0.25) is 0 Å². The van der Waals surface area contributed by atoms with Crippen molar-refractivity contribution in [2.75, 3.05) is 11.9 Å². The zero-order valence-electron chi connectivity index (χ0n) is 14.4. The summed E-state index contributed by atoms with van der Waals surface area (Å²) in [7, 11) is 0. The van der Waals surface area contributed by atoms with Gasteiger partial charge >= 0.3 is 0 Å². The minimum atomic E-state index is -0.537. The van der Waals surface area contributed by atoms with Gasteiger partial charge in [-0.1, -0.05) is 30.6 Å². The lowest BCUT2D eigenvalue weighted by Crippen LogP contribution is -2.13. The second-order valence-corrected chi connectivity index (χ2v) is 5.74. The molecule has 0 bridgehead atoms. The molecule has 0 unspecified atom stereocenters. The number of amides is 1. The summed E-state index contributed by atoms with van der Waals surface area (Å²) < 4.78 is 24.5. The van der Waals surface area contributed by atoms with Crippen LogP contribution >= 0.6 is 0 Å². The number of unbranched alkanes of at least 4 members (excludes halogenated alkanes) is 1. The zero-order chi connectivity index (χ0) is 18.4. The number of anilines is 1. The van der Waals surface area contributed by atoms with E-state index in [2.05, 4.69) is 17.4 Å². The van der Waals surface area contributed by atoms with Gasteiger partial charge in [-0.3, -0.25) is 4.79 Å². The van der Waals surface area contributed by atoms with Crippen molar-refractivity contribution < 1.29 is 18.4 Å². The van der Waals surface area contributed by atoms with Gasteiger partial charge in [-0.15, -0.1) is 0 Å². The fourth-order valence-electron chi connectivity index (χ4n) is 2.32. The van der Waals surface area contributed by atoms with Crippen LogP contribution in [0.2, 0.25) is 0 Å². The maximum atomic E-state index is 13.6. The Morgan fingerprint density at radius 3 is 2.69 bits per heavy atom. The molecule has 0 spiro atoms. The normalized spacial score (nSPS) is 10.5. The number of nitrogens with one attached hydrogen (secondary N) is 1. The molecule has 3 rings (SSSR count). The van der Waals surface area contributed by atoms with Crippen LogP contribution in [0.3, 0.4) is 0 Å². The maximum absolute atomic E-state index is 13.6. The highest BCUT2D eigenvalue weighted by Gasteiger charge is 2.15. The van der Waals surface area contributed by atoms with Gasteiger partial charge < -0.3 is 14.6 Å². The first-order valence-corrected chi connectivity index (χ1v) is 8.43. The summed E-state index contributed by atoms with van der Waals surface area (Å²) >= 11 is 0. The summed E-state index contributed by atoms with van der Waals surface area (Å²) in [5.41, 5.74) is 0.937. The lowest BCUT2D eigenvalue weighted by Gasteiger charge is -2.05. The number of ether oxygens (including phenoxy) is 1. The van der Waals surface area contributed by atoms with E-state index in [1.165, 1.54) is 18.2 Å². The molecule has 0 saturated heterocycles. The van der Waals surface area contributed by atoms with Crippen LogP contribution in [0.1, 0.15) is 30.3 Å². The summed E-state index contributed by atoms with van der Waals surface area (Å²) in [5.74, 6) is 0.177. The Hall–Kier alpha value is -3.15. The molecule has 2 aromatic carbocycles. The van der Waals surface area contributed by atoms with Crippen molar-refractivity contribution in [1.82, 2.24) is 5.16 Å². The zero-order valence-corrected chi connectivity index (χ0v) is 14.4. The SMILES string of the molecule is CCCCOc1ccc(-c2cc(C(=O)Nc3ccccc3F)no2)cc1. The molecule has 5 nitrogen and oxygen atoms in total. The molecule has 0 fully saturated rings. The number of carbonyl (C=O) groups is 1. The highest BCUT2D eigenvalue weighted by molar-refractivity contribution is 6.03. The third-order valence-electron chi connectivity index (χ3n) is 3.77. The van der Waals surface area contributed by atoms with Gasteiger partial charge in [0.15, 0.2) is 11.5 Å². The van der Waals surface area contributed by atoms with Crippen LogP contribution in [0.4, 0.5) is 10.1 Å². The summed E-state index contributed by atoms with van der Waals surface area (Å²) in [6.45, 7) is 2.79. The second kappa shape index (κ2) is 8.29. The number of halogens is 1. The van der Waals surface area contributed by atoms with Crippen molar-refractivity contribution in [1.29, 1.82) is 0 Å². The minimum Gasteiger partial charge on any atom is -0.494 e. The molecule has 0 aliphatic carbocycles. The predicted octanol–water partition coefficient (Wildman–Crippen LogP) is 4.91. The number of aromatic nitrogens is 1. The summed E-state index contributed by atoms with van der Waals surface area (Å²) in [6, 6.07) is 14.8. The fraction of sp³-hybridized carbons (Fsp3) is 0.200. The fourth-order valence-corrected chi connectivity index (χ4v) is 2.32. The number of rotatable bonds is 7. The molecule has 0 aliphatic rings. The molecule has 1 amide bonds. The molecule has 1 N–H and O–H groups in total. The largest absolute Gasteiger partial charge is 0.494 e. The van der Waals surface area contributed by atoms with Crippen molar-refractivity contribution in [3.05, 3.63) is 66.1 Å². The van der Waals surface area contributed by atoms with Gasteiger partial charge in [0.25, 0.3) is 5.91 Å². The van der Waals surface area contributed by atoms with E-state index in [1.807, 2.05) is 24.3 Å².